The molecule has 0 bridgehead atoms. The van der Waals surface area contributed by atoms with Gasteiger partial charge in [-0.1, -0.05) is 18.2 Å². The van der Waals surface area contributed by atoms with Crippen LogP contribution in [0.4, 0.5) is 16.3 Å². The minimum atomic E-state index is -0.598. The maximum atomic E-state index is 13.8. The zero-order valence-electron chi connectivity index (χ0n) is 40.0. The van der Waals surface area contributed by atoms with Crippen molar-refractivity contribution < 1.29 is 23.9 Å². The van der Waals surface area contributed by atoms with Crippen molar-refractivity contribution in [2.75, 3.05) is 82.6 Å². The lowest BCUT2D eigenvalue weighted by Crippen LogP contribution is -2.53. The Balaban J connectivity index is 0.608. The van der Waals surface area contributed by atoms with Crippen LogP contribution in [0.15, 0.2) is 79.1 Å². The molecule has 17 nitrogen and oxygen atoms in total. The average molecular weight is 949 g/mol. The first-order valence-corrected chi connectivity index (χ1v) is 25.6. The van der Waals surface area contributed by atoms with Gasteiger partial charge in [-0.05, 0) is 137 Å². The van der Waals surface area contributed by atoms with Gasteiger partial charge >= 0.3 is 6.03 Å². The quantitative estimate of drug-likeness (QED) is 0.144. The van der Waals surface area contributed by atoms with E-state index in [4.69, 9.17) is 20.6 Å². The summed E-state index contributed by atoms with van der Waals surface area (Å²) in [6, 6.07) is 23.9. The molecule has 5 fully saturated rings. The van der Waals surface area contributed by atoms with E-state index in [0.717, 1.165) is 156 Å². The van der Waals surface area contributed by atoms with Crippen molar-refractivity contribution in [3.8, 4) is 22.8 Å². The number of rotatable bonds is 11. The molecule has 5 saturated heterocycles. The van der Waals surface area contributed by atoms with Crippen LogP contribution in [0.25, 0.3) is 22.3 Å². The second kappa shape index (κ2) is 20.0. The molecule has 3 N–H and O–H groups in total. The summed E-state index contributed by atoms with van der Waals surface area (Å²) in [5.74, 6) is 1.82. The number of anilines is 2. The fourth-order valence-electron chi connectivity index (χ4n) is 11.9. The van der Waals surface area contributed by atoms with Crippen LogP contribution in [0.3, 0.4) is 0 Å². The fourth-order valence-corrected chi connectivity index (χ4v) is 11.9. The van der Waals surface area contributed by atoms with E-state index in [0.29, 0.717) is 36.3 Å². The van der Waals surface area contributed by atoms with Crippen molar-refractivity contribution in [3.63, 3.8) is 0 Å². The Hall–Kier alpha value is -6.59. The van der Waals surface area contributed by atoms with Crippen molar-refractivity contribution in [2.24, 2.45) is 5.92 Å². The molecular weight excluding hydrogens is 885 g/mol. The molecule has 3 aromatic carbocycles. The highest BCUT2D eigenvalue weighted by molar-refractivity contribution is 6.05. The highest BCUT2D eigenvalue weighted by atomic mass is 16.5. The van der Waals surface area contributed by atoms with Gasteiger partial charge in [0.25, 0.3) is 5.91 Å². The number of carbonyl (C=O) groups excluding carboxylic acids is 4. The van der Waals surface area contributed by atoms with Crippen LogP contribution in [0.1, 0.15) is 86.2 Å². The second-order valence-corrected chi connectivity index (χ2v) is 20.1. The molecule has 5 aromatic rings. The van der Waals surface area contributed by atoms with Gasteiger partial charge in [0.05, 0.1) is 11.4 Å². The Labute approximate surface area is 408 Å². The van der Waals surface area contributed by atoms with Crippen LogP contribution in [0.2, 0.25) is 0 Å². The molecule has 0 radical (unpaired) electrons. The number of aromatic nitrogens is 4. The SMILES string of the molecule is Nc1ncnc2c1c(-c1ccc(Oc3ccccc3)cc1)nn2[C@@H]1CCCN(C2CCN(C(=O)N3CCC(CCCN4CCN(c5ccc6c(c5)CN(C5CCC(=O)NC5=O)C6=O)CC4)CC3)CC2)C1. The molecule has 11 rings (SSSR count). The maximum absolute atomic E-state index is 13.8. The smallest absolute Gasteiger partial charge is 0.319 e. The van der Waals surface area contributed by atoms with Crippen molar-refractivity contribution in [1.82, 2.24) is 49.6 Å². The lowest BCUT2D eigenvalue weighted by atomic mass is 9.92. The molecular formula is C53H64N12O5. The van der Waals surface area contributed by atoms with Crippen LogP contribution >= 0.6 is 0 Å². The van der Waals surface area contributed by atoms with E-state index in [1.165, 1.54) is 19.2 Å². The summed E-state index contributed by atoms with van der Waals surface area (Å²) in [6.07, 6.45) is 10.7. The molecule has 2 atom stereocenters. The predicted octanol–water partition coefficient (Wildman–Crippen LogP) is 6.16. The number of nitrogens with one attached hydrogen (secondary N) is 1. The van der Waals surface area contributed by atoms with Crippen molar-refractivity contribution in [1.29, 1.82) is 0 Å². The zero-order chi connectivity index (χ0) is 47.7. The third-order valence-electron chi connectivity index (χ3n) is 15.9. The highest BCUT2D eigenvalue weighted by Crippen LogP contribution is 2.37. The first-order chi connectivity index (χ1) is 34.2. The summed E-state index contributed by atoms with van der Waals surface area (Å²) < 4.78 is 8.13. The Bertz CT molecular complexity index is 2710. The largest absolute Gasteiger partial charge is 0.457 e. The van der Waals surface area contributed by atoms with Gasteiger partial charge in [0, 0.05) is 94.7 Å². The van der Waals surface area contributed by atoms with Crippen molar-refractivity contribution in [3.05, 3.63) is 90.3 Å². The van der Waals surface area contributed by atoms with Crippen molar-refractivity contribution in [2.45, 2.75) is 88.9 Å². The van der Waals surface area contributed by atoms with Gasteiger partial charge in [-0.25, -0.2) is 19.4 Å². The number of hydrogen-bond acceptors (Lipinski definition) is 12. The van der Waals surface area contributed by atoms with E-state index in [-0.39, 0.29) is 36.2 Å². The first-order valence-electron chi connectivity index (χ1n) is 25.6. The number of urea groups is 1. The monoisotopic (exact) mass is 949 g/mol. The number of para-hydroxylation sites is 1. The number of nitrogens with zero attached hydrogens (tertiary/aromatic N) is 10. The number of ether oxygens (including phenoxy) is 1. The maximum Gasteiger partial charge on any atom is 0.319 e. The van der Waals surface area contributed by atoms with E-state index in [2.05, 4.69) is 45.5 Å². The van der Waals surface area contributed by atoms with Gasteiger partial charge in [-0.3, -0.25) is 29.5 Å². The lowest BCUT2D eigenvalue weighted by Gasteiger charge is -2.43. The lowest BCUT2D eigenvalue weighted by molar-refractivity contribution is -0.136. The number of benzene rings is 3. The molecule has 0 aliphatic carbocycles. The zero-order valence-corrected chi connectivity index (χ0v) is 40.0. The van der Waals surface area contributed by atoms with Gasteiger partial charge < -0.3 is 30.1 Å². The van der Waals surface area contributed by atoms with E-state index in [1.807, 2.05) is 66.7 Å². The van der Waals surface area contributed by atoms with Crippen LogP contribution in [0.5, 0.6) is 11.5 Å². The van der Waals surface area contributed by atoms with Gasteiger partial charge in [0.2, 0.25) is 11.8 Å². The highest BCUT2D eigenvalue weighted by Gasteiger charge is 2.40. The summed E-state index contributed by atoms with van der Waals surface area (Å²) in [6.45, 7) is 10.5. The number of nitrogen functional groups attached to an aromatic ring is 1. The first kappa shape index (κ1) is 45.8. The molecule has 70 heavy (non-hydrogen) atoms. The van der Waals surface area contributed by atoms with Crippen LogP contribution in [-0.2, 0) is 16.1 Å². The van der Waals surface area contributed by atoms with Crippen molar-refractivity contribution >= 4 is 46.3 Å². The topological polar surface area (TPSA) is 179 Å². The number of imide groups is 1. The van der Waals surface area contributed by atoms with E-state index in [1.54, 1.807) is 4.90 Å². The van der Waals surface area contributed by atoms with Gasteiger partial charge in [-0.15, -0.1) is 0 Å². The Morgan fingerprint density at radius 1 is 0.771 bits per heavy atom. The van der Waals surface area contributed by atoms with Crippen LogP contribution < -0.4 is 20.7 Å². The molecule has 0 spiro atoms. The molecule has 6 aliphatic heterocycles. The van der Waals surface area contributed by atoms with Gasteiger partial charge in [-0.2, -0.15) is 5.10 Å². The number of piperidine rings is 4. The summed E-state index contributed by atoms with van der Waals surface area (Å²) in [5.41, 5.74) is 11.7. The third-order valence-corrected chi connectivity index (χ3v) is 15.9. The second-order valence-electron chi connectivity index (χ2n) is 20.1. The van der Waals surface area contributed by atoms with E-state index < -0.39 is 6.04 Å². The average Bonchev–Trinajstić information content (AvgIpc) is 3.95. The molecule has 17 heteroatoms. The number of nitrogens with two attached hydrogens (primary N) is 1. The molecule has 6 aliphatic rings. The molecule has 1 unspecified atom stereocenters. The van der Waals surface area contributed by atoms with Gasteiger partial charge in [0.15, 0.2) is 5.65 Å². The minimum Gasteiger partial charge on any atom is -0.457 e. The van der Waals surface area contributed by atoms with E-state index in [9.17, 15) is 19.2 Å². The van der Waals surface area contributed by atoms with E-state index >= 15 is 0 Å². The summed E-state index contributed by atoms with van der Waals surface area (Å²) >= 11 is 0. The predicted molar refractivity (Wildman–Crippen MR) is 266 cm³/mol. The Kier molecular flexibility index (Phi) is 13.1. The van der Waals surface area contributed by atoms with Gasteiger partial charge in [0.1, 0.15) is 35.4 Å². The molecule has 366 valence electrons. The normalized spacial score (nSPS) is 22.2. The third kappa shape index (κ3) is 9.52. The van der Waals surface area contributed by atoms with Crippen LogP contribution in [-0.4, -0.2) is 152 Å². The minimum absolute atomic E-state index is 0.133. The summed E-state index contributed by atoms with van der Waals surface area (Å²) in [7, 11) is 0. The fraction of sp³-hybridized carbons (Fsp3) is 0.491. The standard InChI is InChI=1S/C53H64N12O5/c54-49-47-48(37-10-13-43(14-11-37)70-42-8-2-1-3-9-42)58-65(50(47)56-35-55-49)41-7-5-23-63(34-41)39-20-26-62(27-21-39)53(69)61-24-18-36(19-25-61)6-4-22-59-28-30-60(31-29-59)40-12-15-44-38(32-40)33-64(52(44)68)45-16-17-46(66)57-51(45)67/h1-3,8-15,32,35-36,39,41,45H,4-7,16-31,33-34H2,(H2,54,55,56)(H,57,66,67)/t41-,45?/m1/s1. The molecule has 8 heterocycles. The number of likely N-dealkylation sites (tertiary alicyclic amines) is 3. The molecule has 5 amide bonds. The Morgan fingerprint density at radius 3 is 2.27 bits per heavy atom. The summed E-state index contributed by atoms with van der Waals surface area (Å²) in [5, 5.41) is 8.35. The molecule has 2 aromatic heterocycles. The van der Waals surface area contributed by atoms with Crippen LogP contribution in [0, 0.1) is 5.92 Å². The molecule has 0 saturated carbocycles. The Morgan fingerprint density at radius 2 is 1.51 bits per heavy atom. The number of amides is 5. The number of carbonyl (C=O) groups is 4. The summed E-state index contributed by atoms with van der Waals surface area (Å²) in [4.78, 5) is 73.6. The number of piperazine rings is 1. The number of fused-ring (bicyclic) bond motifs is 2. The number of hydrogen-bond donors (Lipinski definition) is 2.